The molecule has 23 heavy (non-hydrogen) atoms. The number of aliphatic carboxylic acids is 1. The van der Waals surface area contributed by atoms with Gasteiger partial charge >= 0.3 is 20.7 Å². The number of hydrogen-bond donors (Lipinski definition) is 2. The van der Waals surface area contributed by atoms with Crippen LogP contribution in [0.5, 0.6) is 0 Å². The first-order chi connectivity index (χ1) is 10.4. The molecule has 0 saturated heterocycles. The molecule has 0 bridgehead atoms. The van der Waals surface area contributed by atoms with Gasteiger partial charge in [0.1, 0.15) is 0 Å². The molecule has 9 heteroatoms. The highest BCUT2D eigenvalue weighted by Crippen LogP contribution is 2.47. The van der Waals surface area contributed by atoms with Crippen LogP contribution >= 0.6 is 8.60 Å². The highest BCUT2D eigenvalue weighted by Gasteiger charge is 2.27. The average molecular weight is 353 g/mol. The quantitative estimate of drug-likeness (QED) is 0.372. The van der Waals surface area contributed by atoms with E-state index in [1.807, 2.05) is 41.5 Å². The van der Waals surface area contributed by atoms with Crippen molar-refractivity contribution in [1.29, 1.82) is 0 Å². The van der Waals surface area contributed by atoms with Crippen molar-refractivity contribution >= 4 is 20.7 Å². The normalized spacial score (nSPS) is 12.3. The maximum Gasteiger partial charge on any atom is 0.409 e. The number of carboxylic acid groups (broad SMARTS) is 1. The molecule has 136 valence electrons. The van der Waals surface area contributed by atoms with Crippen LogP contribution in [0.4, 0.5) is 4.79 Å². The van der Waals surface area contributed by atoms with Crippen molar-refractivity contribution < 1.29 is 33.0 Å². The maximum atomic E-state index is 11.4. The van der Waals surface area contributed by atoms with Crippen molar-refractivity contribution in [3.8, 4) is 0 Å². The molecule has 1 amide bonds. The van der Waals surface area contributed by atoms with E-state index < -0.39 is 31.9 Å². The minimum atomic E-state index is -1.67. The lowest BCUT2D eigenvalue weighted by Gasteiger charge is -2.30. The standard InChI is InChI=1S/C14H28NO7P/c1-13(2,3)21-23(22-14(4,5)6)20-10-19-12(18)15-9-7-8-11(16)17/h7-10H2,1-6H3,(H,15,18)(H,16,17). The Bertz CT molecular complexity index is 360. The lowest BCUT2D eigenvalue weighted by Crippen LogP contribution is -2.27. The zero-order chi connectivity index (χ0) is 18.1. The summed E-state index contributed by atoms with van der Waals surface area (Å²) >= 11 is 0. The molecule has 0 aromatic rings. The van der Waals surface area contributed by atoms with Gasteiger partial charge in [-0.05, 0) is 48.0 Å². The third-order valence-corrected chi connectivity index (χ3v) is 3.59. The van der Waals surface area contributed by atoms with E-state index >= 15 is 0 Å². The lowest BCUT2D eigenvalue weighted by molar-refractivity contribution is -0.137. The second-order valence-corrected chi connectivity index (χ2v) is 7.80. The van der Waals surface area contributed by atoms with Gasteiger partial charge in [-0.1, -0.05) is 0 Å². The van der Waals surface area contributed by atoms with Crippen molar-refractivity contribution in [2.24, 2.45) is 0 Å². The number of carbonyl (C=O) groups excluding carboxylic acids is 1. The van der Waals surface area contributed by atoms with E-state index in [1.54, 1.807) is 0 Å². The number of nitrogens with one attached hydrogen (secondary N) is 1. The van der Waals surface area contributed by atoms with Crippen LogP contribution in [0.3, 0.4) is 0 Å². The molecule has 0 aromatic carbocycles. The lowest BCUT2D eigenvalue weighted by atomic mass is 10.2. The van der Waals surface area contributed by atoms with Crippen molar-refractivity contribution in [2.75, 3.05) is 13.3 Å². The third kappa shape index (κ3) is 15.7. The summed E-state index contributed by atoms with van der Waals surface area (Å²) in [6.07, 6.45) is -0.365. The first-order valence-corrected chi connectivity index (χ1v) is 8.42. The van der Waals surface area contributed by atoms with Gasteiger partial charge < -0.3 is 24.2 Å². The first kappa shape index (κ1) is 22.1. The van der Waals surface area contributed by atoms with Gasteiger partial charge in [-0.2, -0.15) is 0 Å². The van der Waals surface area contributed by atoms with Crippen LogP contribution in [0.1, 0.15) is 54.4 Å². The van der Waals surface area contributed by atoms with Crippen molar-refractivity contribution in [3.63, 3.8) is 0 Å². The Balaban J connectivity index is 4.10. The van der Waals surface area contributed by atoms with Gasteiger partial charge in [0.15, 0.2) is 0 Å². The fourth-order valence-corrected chi connectivity index (χ4v) is 2.30. The van der Waals surface area contributed by atoms with Crippen molar-refractivity contribution in [2.45, 2.75) is 65.6 Å². The minimum absolute atomic E-state index is 0.0130. The van der Waals surface area contributed by atoms with E-state index in [1.165, 1.54) is 0 Å². The van der Waals surface area contributed by atoms with Crippen LogP contribution in [-0.4, -0.2) is 41.7 Å². The number of carbonyl (C=O) groups is 2. The predicted octanol–water partition coefficient (Wildman–Crippen LogP) is 3.41. The molecule has 0 radical (unpaired) electrons. The highest BCUT2D eigenvalue weighted by molar-refractivity contribution is 7.41. The van der Waals surface area contributed by atoms with Gasteiger partial charge in [0.2, 0.25) is 6.79 Å². The van der Waals surface area contributed by atoms with Crippen LogP contribution in [0, 0.1) is 0 Å². The fraction of sp³-hybridized carbons (Fsp3) is 0.857. The number of carboxylic acids is 1. The molecule has 0 aliphatic heterocycles. The van der Waals surface area contributed by atoms with Crippen molar-refractivity contribution in [3.05, 3.63) is 0 Å². The zero-order valence-corrected chi connectivity index (χ0v) is 15.6. The summed E-state index contributed by atoms with van der Waals surface area (Å²) in [5, 5.41) is 10.9. The molecular formula is C14H28NO7P. The van der Waals surface area contributed by atoms with Gasteiger partial charge in [0.05, 0.1) is 11.2 Å². The number of amides is 1. The van der Waals surface area contributed by atoms with Gasteiger partial charge in [-0.15, -0.1) is 0 Å². The molecule has 0 unspecified atom stereocenters. The summed E-state index contributed by atoms with van der Waals surface area (Å²) in [4.78, 5) is 21.7. The Kier molecular flexibility index (Phi) is 9.61. The summed E-state index contributed by atoms with van der Waals surface area (Å²) in [6.45, 7) is 11.1. The molecule has 0 saturated carbocycles. The zero-order valence-electron chi connectivity index (χ0n) is 14.7. The van der Waals surface area contributed by atoms with Crippen molar-refractivity contribution in [1.82, 2.24) is 5.32 Å². The fourth-order valence-electron chi connectivity index (χ4n) is 1.12. The summed E-state index contributed by atoms with van der Waals surface area (Å²) in [6, 6.07) is 0. The number of alkyl carbamates (subject to hydrolysis) is 1. The summed E-state index contributed by atoms with van der Waals surface area (Å²) < 4.78 is 21.5. The maximum absolute atomic E-state index is 11.4. The van der Waals surface area contributed by atoms with Gasteiger partial charge in [0.25, 0.3) is 0 Å². The minimum Gasteiger partial charge on any atom is -0.481 e. The smallest absolute Gasteiger partial charge is 0.409 e. The number of hydrogen-bond acceptors (Lipinski definition) is 6. The van der Waals surface area contributed by atoms with Gasteiger partial charge in [-0.25, -0.2) is 4.79 Å². The van der Waals surface area contributed by atoms with E-state index in [4.69, 9.17) is 23.4 Å². The van der Waals surface area contributed by atoms with E-state index in [0.717, 1.165) is 0 Å². The first-order valence-electron chi connectivity index (χ1n) is 7.33. The summed E-state index contributed by atoms with van der Waals surface area (Å²) in [5.41, 5.74) is -0.925. The summed E-state index contributed by atoms with van der Waals surface area (Å²) in [5.74, 6) is -0.909. The molecule has 0 heterocycles. The van der Waals surface area contributed by atoms with Crippen LogP contribution in [0.25, 0.3) is 0 Å². The van der Waals surface area contributed by atoms with Crippen LogP contribution < -0.4 is 5.32 Å². The molecule has 2 N–H and O–H groups in total. The number of rotatable bonds is 9. The molecular weight excluding hydrogens is 325 g/mol. The van der Waals surface area contributed by atoms with Gasteiger partial charge in [0, 0.05) is 13.0 Å². The Hall–Kier alpha value is -0.950. The molecule has 0 rings (SSSR count). The molecule has 0 fully saturated rings. The average Bonchev–Trinajstić information content (AvgIpc) is 2.30. The second-order valence-electron chi connectivity index (χ2n) is 6.73. The molecule has 8 nitrogen and oxygen atoms in total. The number of ether oxygens (including phenoxy) is 1. The Morgan fingerprint density at radius 1 is 1.04 bits per heavy atom. The van der Waals surface area contributed by atoms with Crippen LogP contribution in [0.2, 0.25) is 0 Å². The molecule has 0 aliphatic rings. The molecule has 0 atom stereocenters. The summed E-state index contributed by atoms with van der Waals surface area (Å²) in [7, 11) is -1.67. The monoisotopic (exact) mass is 353 g/mol. The van der Waals surface area contributed by atoms with Crippen LogP contribution in [-0.2, 0) is 23.1 Å². The Morgan fingerprint density at radius 3 is 2.00 bits per heavy atom. The predicted molar refractivity (Wildman–Crippen MR) is 85.9 cm³/mol. The third-order valence-electron chi connectivity index (χ3n) is 1.88. The Labute approximate surface area is 138 Å². The van der Waals surface area contributed by atoms with Crippen LogP contribution in [0.15, 0.2) is 0 Å². The van der Waals surface area contributed by atoms with E-state index in [0.29, 0.717) is 6.42 Å². The molecule has 0 aliphatic carbocycles. The SMILES string of the molecule is CC(C)(C)OP(OCOC(=O)NCCCC(=O)O)OC(C)(C)C. The van der Waals surface area contributed by atoms with E-state index in [9.17, 15) is 9.59 Å². The molecule has 0 spiro atoms. The topological polar surface area (TPSA) is 103 Å². The van der Waals surface area contributed by atoms with E-state index in [2.05, 4.69) is 5.32 Å². The highest BCUT2D eigenvalue weighted by atomic mass is 31.2. The Morgan fingerprint density at radius 2 is 1.57 bits per heavy atom. The largest absolute Gasteiger partial charge is 0.481 e. The van der Waals surface area contributed by atoms with Gasteiger partial charge in [-0.3, -0.25) is 9.32 Å². The second kappa shape index (κ2) is 10.0. The van der Waals surface area contributed by atoms with E-state index in [-0.39, 0.29) is 19.8 Å². The molecule has 0 aromatic heterocycles.